The molecule has 0 aromatic carbocycles. The second-order valence-corrected chi connectivity index (χ2v) is 12.4. The molecule has 3 fully saturated rings. The van der Waals surface area contributed by atoms with Gasteiger partial charge in [0, 0.05) is 28.6 Å². The number of ether oxygens (including phenoxy) is 1. The van der Waals surface area contributed by atoms with Gasteiger partial charge < -0.3 is 14.9 Å². The highest BCUT2D eigenvalue weighted by Crippen LogP contribution is 2.74. The zero-order valence-corrected chi connectivity index (χ0v) is 21.8. The molecule has 0 aliphatic heterocycles. The Balaban J connectivity index is 1.84. The standard InChI is InChI=1S/C29H41FO5/c1-7-8-9-18(2)35-29(24(34)17-31)25(3,4)15-22-21-11-10-19-14-20(32)12-13-26(19,5)28(21,30)23(33)16-27(22,29)6/h12-14,21-23,31,33H,2,7-11,15-17H2,1,3-6H3/t21-,22-,23-,26-,27-,28-,29+/m0/s1. The maximum Gasteiger partial charge on any atom is 0.202 e. The number of unbranched alkanes of at least 4 members (excludes halogenated alkanes) is 1. The number of carbonyl (C=O) groups excluding carboxylic acids is 2. The lowest BCUT2D eigenvalue weighted by molar-refractivity contribution is -0.227. The number of hydrogen-bond donors (Lipinski definition) is 2. The number of carbonyl (C=O) groups is 2. The highest BCUT2D eigenvalue weighted by atomic mass is 19.1. The number of aliphatic hydroxyl groups excluding tert-OH is 2. The molecule has 6 heteroatoms. The van der Waals surface area contributed by atoms with Gasteiger partial charge in [0.2, 0.25) is 5.78 Å². The van der Waals surface area contributed by atoms with E-state index in [-0.39, 0.29) is 18.1 Å². The Hall–Kier alpha value is -1.79. The first-order chi connectivity index (χ1) is 16.2. The van der Waals surface area contributed by atoms with Crippen LogP contribution in [0.25, 0.3) is 0 Å². The van der Waals surface area contributed by atoms with Gasteiger partial charge in [-0.1, -0.05) is 52.3 Å². The maximum atomic E-state index is 17.4. The van der Waals surface area contributed by atoms with Crippen molar-refractivity contribution < 1.29 is 28.9 Å². The number of alkyl halides is 1. The van der Waals surface area contributed by atoms with Crippen LogP contribution in [0.15, 0.2) is 36.1 Å². The molecule has 2 N–H and O–H groups in total. The summed E-state index contributed by atoms with van der Waals surface area (Å²) in [5, 5.41) is 21.7. The summed E-state index contributed by atoms with van der Waals surface area (Å²) in [7, 11) is 0. The summed E-state index contributed by atoms with van der Waals surface area (Å²) in [6, 6.07) is 0. The highest BCUT2D eigenvalue weighted by Gasteiger charge is 2.79. The third kappa shape index (κ3) is 3.24. The van der Waals surface area contributed by atoms with Gasteiger partial charge in [-0.05, 0) is 57.1 Å². The lowest BCUT2D eigenvalue weighted by atomic mass is 9.44. The van der Waals surface area contributed by atoms with Crippen molar-refractivity contribution in [1.29, 1.82) is 0 Å². The molecule has 3 saturated carbocycles. The van der Waals surface area contributed by atoms with Crippen LogP contribution >= 0.6 is 0 Å². The Labute approximate surface area is 208 Å². The van der Waals surface area contributed by atoms with E-state index in [0.29, 0.717) is 31.4 Å². The molecule has 0 amide bonds. The van der Waals surface area contributed by atoms with Gasteiger partial charge in [0.05, 0.1) is 11.9 Å². The van der Waals surface area contributed by atoms with Gasteiger partial charge >= 0.3 is 0 Å². The topological polar surface area (TPSA) is 83.8 Å². The molecule has 0 bridgehead atoms. The van der Waals surface area contributed by atoms with Crippen molar-refractivity contribution in [3.05, 3.63) is 36.1 Å². The number of fused-ring (bicyclic) bond motifs is 5. The van der Waals surface area contributed by atoms with Crippen molar-refractivity contribution in [2.24, 2.45) is 28.1 Å². The van der Waals surface area contributed by atoms with Gasteiger partial charge in [-0.15, -0.1) is 0 Å². The molecule has 35 heavy (non-hydrogen) atoms. The number of hydrogen-bond acceptors (Lipinski definition) is 5. The first kappa shape index (κ1) is 26.3. The average Bonchev–Trinajstić information content (AvgIpc) is 2.96. The van der Waals surface area contributed by atoms with Crippen molar-refractivity contribution in [2.75, 3.05) is 6.61 Å². The van der Waals surface area contributed by atoms with Crippen molar-refractivity contribution >= 4 is 11.6 Å². The van der Waals surface area contributed by atoms with Gasteiger partial charge in [0.25, 0.3) is 0 Å². The van der Waals surface area contributed by atoms with Crippen molar-refractivity contribution in [1.82, 2.24) is 0 Å². The Morgan fingerprint density at radius 3 is 2.54 bits per heavy atom. The predicted molar refractivity (Wildman–Crippen MR) is 132 cm³/mol. The van der Waals surface area contributed by atoms with E-state index >= 15 is 4.39 Å². The van der Waals surface area contributed by atoms with Crippen LogP contribution in [0.2, 0.25) is 0 Å². The van der Waals surface area contributed by atoms with Crippen molar-refractivity contribution in [2.45, 2.75) is 96.9 Å². The van der Waals surface area contributed by atoms with E-state index < -0.39 is 51.9 Å². The van der Waals surface area contributed by atoms with Crippen molar-refractivity contribution in [3.63, 3.8) is 0 Å². The smallest absolute Gasteiger partial charge is 0.202 e. The third-order valence-electron chi connectivity index (χ3n) is 10.2. The second kappa shape index (κ2) is 8.37. The summed E-state index contributed by atoms with van der Waals surface area (Å²) in [5.41, 5.74) is -5.40. The Morgan fingerprint density at radius 1 is 1.23 bits per heavy atom. The first-order valence-corrected chi connectivity index (χ1v) is 13.1. The van der Waals surface area contributed by atoms with Crippen LogP contribution in [-0.4, -0.2) is 45.8 Å². The summed E-state index contributed by atoms with van der Waals surface area (Å²) in [5.74, 6) is -0.886. The summed E-state index contributed by atoms with van der Waals surface area (Å²) >= 11 is 0. The molecule has 0 aromatic rings. The van der Waals surface area contributed by atoms with E-state index in [4.69, 9.17) is 4.74 Å². The molecule has 7 atom stereocenters. The molecule has 0 spiro atoms. The molecular formula is C29H41FO5. The number of ketones is 2. The molecule has 4 aliphatic rings. The second-order valence-electron chi connectivity index (χ2n) is 12.4. The lowest BCUT2D eigenvalue weighted by Gasteiger charge is -2.63. The number of aliphatic hydroxyl groups is 2. The van der Waals surface area contributed by atoms with Crippen LogP contribution in [-0.2, 0) is 14.3 Å². The fourth-order valence-corrected chi connectivity index (χ4v) is 8.57. The van der Waals surface area contributed by atoms with Gasteiger partial charge in [-0.25, -0.2) is 4.39 Å². The average molecular weight is 489 g/mol. The summed E-state index contributed by atoms with van der Waals surface area (Å²) in [6.45, 7) is 13.1. The van der Waals surface area contributed by atoms with Crippen LogP contribution in [0.5, 0.6) is 0 Å². The van der Waals surface area contributed by atoms with Crippen LogP contribution in [0.4, 0.5) is 4.39 Å². The Kier molecular flexibility index (Phi) is 6.29. The molecule has 0 saturated heterocycles. The quantitative estimate of drug-likeness (QED) is 0.492. The van der Waals surface area contributed by atoms with Gasteiger partial charge in [-0.2, -0.15) is 0 Å². The molecule has 4 aliphatic carbocycles. The van der Waals surface area contributed by atoms with Crippen LogP contribution < -0.4 is 0 Å². The Bertz CT molecular complexity index is 997. The Morgan fingerprint density at radius 2 is 1.91 bits per heavy atom. The minimum Gasteiger partial charge on any atom is -0.483 e. The monoisotopic (exact) mass is 488 g/mol. The third-order valence-corrected chi connectivity index (χ3v) is 10.2. The summed E-state index contributed by atoms with van der Waals surface area (Å²) < 4.78 is 24.0. The van der Waals surface area contributed by atoms with Gasteiger partial charge in [-0.3, -0.25) is 9.59 Å². The fraction of sp³-hybridized carbons (Fsp3) is 0.724. The minimum atomic E-state index is -1.98. The fourth-order valence-electron chi connectivity index (χ4n) is 8.57. The SMILES string of the molecule is C=C(CCCC)O[C@]1(C(=O)CO)C(C)(C)C[C@H]2[C@@H]3CCC4=CC(=O)C=C[C@]4(C)[C@@]3(F)[C@@H](O)C[C@@]21C. The zero-order chi connectivity index (χ0) is 26.0. The van der Waals surface area contributed by atoms with Gasteiger partial charge in [0.15, 0.2) is 17.1 Å². The van der Waals surface area contributed by atoms with E-state index in [1.54, 1.807) is 13.0 Å². The molecule has 5 nitrogen and oxygen atoms in total. The minimum absolute atomic E-state index is 0.0194. The molecule has 0 radical (unpaired) electrons. The molecular weight excluding hydrogens is 447 g/mol. The molecule has 0 heterocycles. The maximum absolute atomic E-state index is 17.4. The number of allylic oxidation sites excluding steroid dienone is 5. The van der Waals surface area contributed by atoms with E-state index in [1.165, 1.54) is 12.2 Å². The van der Waals surface area contributed by atoms with Gasteiger partial charge in [0.1, 0.15) is 6.61 Å². The normalized spacial score (nSPS) is 43.6. The molecule has 0 aromatic heterocycles. The van der Waals surface area contributed by atoms with Crippen LogP contribution in [0, 0.1) is 28.1 Å². The lowest BCUT2D eigenvalue weighted by Crippen LogP contribution is -2.70. The number of rotatable bonds is 7. The van der Waals surface area contributed by atoms with E-state index in [2.05, 4.69) is 13.5 Å². The number of halogens is 1. The van der Waals surface area contributed by atoms with E-state index in [1.807, 2.05) is 20.8 Å². The molecule has 194 valence electrons. The van der Waals surface area contributed by atoms with E-state index in [0.717, 1.165) is 18.4 Å². The molecule has 4 rings (SSSR count). The number of Topliss-reactive ketones (excluding diaryl/α,β-unsaturated/α-hetero) is 1. The van der Waals surface area contributed by atoms with Crippen LogP contribution in [0.1, 0.15) is 79.6 Å². The summed E-state index contributed by atoms with van der Waals surface area (Å²) in [6.07, 6.45) is 7.19. The largest absolute Gasteiger partial charge is 0.483 e. The first-order valence-electron chi connectivity index (χ1n) is 13.1. The van der Waals surface area contributed by atoms with E-state index in [9.17, 15) is 19.8 Å². The molecule has 0 unspecified atom stereocenters. The van der Waals surface area contributed by atoms with Crippen molar-refractivity contribution in [3.8, 4) is 0 Å². The predicted octanol–water partition coefficient (Wildman–Crippen LogP) is 5.01. The zero-order valence-electron chi connectivity index (χ0n) is 21.8. The summed E-state index contributed by atoms with van der Waals surface area (Å²) in [4.78, 5) is 25.7. The van der Waals surface area contributed by atoms with Crippen LogP contribution in [0.3, 0.4) is 0 Å². The highest BCUT2D eigenvalue weighted by molar-refractivity contribution is 6.01.